The average Bonchev–Trinajstić information content (AvgIpc) is 3.31. The molecule has 180 valence electrons. The fourth-order valence-electron chi connectivity index (χ4n) is 3.79. The number of thiazole rings is 1. The Balaban J connectivity index is 0.00000324. The first-order valence-corrected chi connectivity index (χ1v) is 11.6. The number of rotatable bonds is 8. The number of anilines is 1. The van der Waals surface area contributed by atoms with E-state index in [2.05, 4.69) is 11.0 Å². The maximum atomic E-state index is 13.5. The molecule has 1 saturated heterocycles. The molecule has 1 amide bonds. The number of carbonyl (C=O) groups is 1. The Kier molecular flexibility index (Phi) is 9.07. The average molecular weight is 503 g/mol. The van der Waals surface area contributed by atoms with E-state index in [9.17, 15) is 4.79 Å². The van der Waals surface area contributed by atoms with Crippen LogP contribution in [0.25, 0.3) is 10.2 Å². The van der Waals surface area contributed by atoms with E-state index < -0.39 is 0 Å². The summed E-state index contributed by atoms with van der Waals surface area (Å²) in [5, 5.41) is 9.67. The molecule has 3 aromatic rings. The van der Waals surface area contributed by atoms with Gasteiger partial charge in [-0.05, 0) is 42.8 Å². The first-order chi connectivity index (χ1) is 16.1. The summed E-state index contributed by atoms with van der Waals surface area (Å²) in [7, 11) is 3.21. The van der Waals surface area contributed by atoms with Crippen LogP contribution < -0.4 is 14.4 Å². The van der Waals surface area contributed by atoms with Crippen LogP contribution in [0.5, 0.6) is 11.5 Å². The highest BCUT2D eigenvalue weighted by atomic mass is 35.5. The molecule has 0 atom stereocenters. The predicted octanol–water partition coefficient (Wildman–Crippen LogP) is 3.98. The minimum atomic E-state index is -0.154. The number of nitrogens with zero attached hydrogens (tertiary/aromatic N) is 4. The van der Waals surface area contributed by atoms with Gasteiger partial charge in [-0.15, -0.1) is 12.4 Å². The Morgan fingerprint density at radius 3 is 2.47 bits per heavy atom. The van der Waals surface area contributed by atoms with E-state index in [1.54, 1.807) is 43.4 Å². The zero-order valence-electron chi connectivity index (χ0n) is 19.2. The summed E-state index contributed by atoms with van der Waals surface area (Å²) in [4.78, 5) is 22.4. The fourth-order valence-corrected chi connectivity index (χ4v) is 4.89. The number of benzene rings is 2. The molecule has 0 radical (unpaired) electrons. The number of hydrogen-bond acceptors (Lipinski definition) is 8. The summed E-state index contributed by atoms with van der Waals surface area (Å²) in [5.74, 6) is 1.17. The van der Waals surface area contributed by atoms with Crippen LogP contribution >= 0.6 is 23.7 Å². The van der Waals surface area contributed by atoms with Gasteiger partial charge in [0, 0.05) is 31.7 Å². The van der Waals surface area contributed by atoms with Crippen molar-refractivity contribution in [2.75, 3.05) is 58.5 Å². The fraction of sp³-hybridized carbons (Fsp3) is 0.375. The molecule has 0 saturated carbocycles. The SMILES string of the molecule is COc1ccc(OC)c2sc(N(CCCN3CCOCC3)C(=O)c3ccc(C#N)cc3)nc12.Cl. The molecule has 1 fully saturated rings. The van der Waals surface area contributed by atoms with Gasteiger partial charge >= 0.3 is 0 Å². The van der Waals surface area contributed by atoms with Crippen molar-refractivity contribution >= 4 is 45.0 Å². The summed E-state index contributed by atoms with van der Waals surface area (Å²) in [5.41, 5.74) is 1.70. The number of halogens is 1. The second-order valence-corrected chi connectivity index (χ2v) is 8.58. The quantitative estimate of drug-likeness (QED) is 0.460. The number of amides is 1. The second-order valence-electron chi connectivity index (χ2n) is 7.60. The third kappa shape index (κ3) is 5.59. The minimum absolute atomic E-state index is 0. The zero-order chi connectivity index (χ0) is 23.2. The first-order valence-electron chi connectivity index (χ1n) is 10.8. The molecule has 2 heterocycles. The van der Waals surface area contributed by atoms with Crippen LogP contribution in [0.3, 0.4) is 0 Å². The predicted molar refractivity (Wildman–Crippen MR) is 135 cm³/mol. The molecular weight excluding hydrogens is 476 g/mol. The number of morpholine rings is 1. The number of methoxy groups -OCH3 is 2. The monoisotopic (exact) mass is 502 g/mol. The number of carbonyl (C=O) groups excluding carboxylic acids is 1. The van der Waals surface area contributed by atoms with Gasteiger partial charge in [0.1, 0.15) is 21.7 Å². The third-order valence-electron chi connectivity index (χ3n) is 5.60. The highest BCUT2D eigenvalue weighted by Gasteiger charge is 2.24. The van der Waals surface area contributed by atoms with E-state index in [0.717, 1.165) is 44.0 Å². The van der Waals surface area contributed by atoms with Crippen molar-refractivity contribution in [2.45, 2.75) is 6.42 Å². The molecule has 2 aromatic carbocycles. The molecule has 1 aliphatic heterocycles. The van der Waals surface area contributed by atoms with Crippen LogP contribution in [0.1, 0.15) is 22.3 Å². The van der Waals surface area contributed by atoms with Crippen LogP contribution in [0.4, 0.5) is 5.13 Å². The van der Waals surface area contributed by atoms with Crippen LogP contribution in [-0.4, -0.2) is 69.4 Å². The highest BCUT2D eigenvalue weighted by molar-refractivity contribution is 7.22. The summed E-state index contributed by atoms with van der Waals surface area (Å²) < 4.78 is 17.3. The van der Waals surface area contributed by atoms with Crippen LogP contribution in [0, 0.1) is 11.3 Å². The minimum Gasteiger partial charge on any atom is -0.495 e. The first kappa shape index (κ1) is 25.7. The maximum Gasteiger partial charge on any atom is 0.260 e. The van der Waals surface area contributed by atoms with Gasteiger partial charge in [-0.25, -0.2) is 4.98 Å². The largest absolute Gasteiger partial charge is 0.495 e. The zero-order valence-corrected chi connectivity index (χ0v) is 20.8. The highest BCUT2D eigenvalue weighted by Crippen LogP contribution is 2.40. The van der Waals surface area contributed by atoms with Crippen molar-refractivity contribution in [3.63, 3.8) is 0 Å². The molecule has 0 unspecified atom stereocenters. The molecule has 1 aliphatic rings. The van der Waals surface area contributed by atoms with Crippen molar-refractivity contribution in [3.05, 3.63) is 47.5 Å². The lowest BCUT2D eigenvalue weighted by atomic mass is 10.1. The van der Waals surface area contributed by atoms with Gasteiger partial charge in [0.05, 0.1) is 39.1 Å². The molecule has 0 aliphatic carbocycles. The van der Waals surface area contributed by atoms with Crippen molar-refractivity contribution in [1.29, 1.82) is 5.26 Å². The van der Waals surface area contributed by atoms with E-state index in [1.165, 1.54) is 11.3 Å². The number of aromatic nitrogens is 1. The molecule has 4 rings (SSSR count). The van der Waals surface area contributed by atoms with Crippen molar-refractivity contribution in [2.24, 2.45) is 0 Å². The van der Waals surface area contributed by atoms with E-state index in [0.29, 0.717) is 39.8 Å². The molecule has 0 bridgehead atoms. The van der Waals surface area contributed by atoms with Gasteiger partial charge in [0.2, 0.25) is 0 Å². The van der Waals surface area contributed by atoms with Crippen LogP contribution in [0.2, 0.25) is 0 Å². The smallest absolute Gasteiger partial charge is 0.260 e. The molecule has 0 spiro atoms. The molecule has 10 heteroatoms. The van der Waals surface area contributed by atoms with Gasteiger partial charge in [-0.3, -0.25) is 14.6 Å². The van der Waals surface area contributed by atoms with Gasteiger partial charge in [-0.2, -0.15) is 5.26 Å². The molecule has 1 aromatic heterocycles. The van der Waals surface area contributed by atoms with Gasteiger partial charge in [0.25, 0.3) is 5.91 Å². The Morgan fingerprint density at radius 2 is 1.82 bits per heavy atom. The standard InChI is InChI=1S/C24H26N4O4S.ClH/c1-30-19-8-9-20(31-2)22-21(19)26-24(33-22)28(11-3-10-27-12-14-32-15-13-27)23(29)18-6-4-17(16-25)5-7-18;/h4-9H,3,10-15H2,1-2H3;1H. The van der Waals surface area contributed by atoms with Crippen molar-refractivity contribution in [3.8, 4) is 17.6 Å². The lowest BCUT2D eigenvalue weighted by Gasteiger charge is -2.27. The van der Waals surface area contributed by atoms with Crippen molar-refractivity contribution in [1.82, 2.24) is 9.88 Å². The van der Waals surface area contributed by atoms with E-state index in [4.69, 9.17) is 24.5 Å². The Morgan fingerprint density at radius 1 is 1.15 bits per heavy atom. The summed E-state index contributed by atoms with van der Waals surface area (Å²) in [6.45, 7) is 4.67. The summed E-state index contributed by atoms with van der Waals surface area (Å²) >= 11 is 1.41. The van der Waals surface area contributed by atoms with Crippen LogP contribution in [0.15, 0.2) is 36.4 Å². The van der Waals surface area contributed by atoms with E-state index in [-0.39, 0.29) is 18.3 Å². The van der Waals surface area contributed by atoms with Gasteiger partial charge < -0.3 is 14.2 Å². The maximum absolute atomic E-state index is 13.5. The van der Waals surface area contributed by atoms with Crippen molar-refractivity contribution < 1.29 is 19.0 Å². The number of hydrogen-bond donors (Lipinski definition) is 0. The lowest BCUT2D eigenvalue weighted by molar-refractivity contribution is 0.0376. The van der Waals surface area contributed by atoms with Gasteiger partial charge in [-0.1, -0.05) is 11.3 Å². The topological polar surface area (TPSA) is 87.9 Å². The summed E-state index contributed by atoms with van der Waals surface area (Å²) in [6, 6.07) is 12.4. The Hall–Kier alpha value is -2.90. The van der Waals surface area contributed by atoms with Crippen LogP contribution in [-0.2, 0) is 4.74 Å². The molecule has 34 heavy (non-hydrogen) atoms. The van der Waals surface area contributed by atoms with E-state index >= 15 is 0 Å². The lowest BCUT2D eigenvalue weighted by Crippen LogP contribution is -2.39. The van der Waals surface area contributed by atoms with E-state index in [1.807, 2.05) is 12.1 Å². The van der Waals surface area contributed by atoms with Gasteiger partial charge in [0.15, 0.2) is 5.13 Å². The Bertz CT molecular complexity index is 1120. The molecular formula is C24H27ClN4O4S. The molecule has 0 N–H and O–H groups in total. The number of fused-ring (bicyclic) bond motifs is 1. The second kappa shape index (κ2) is 12.0. The molecule has 8 nitrogen and oxygen atoms in total. The normalized spacial score (nSPS) is 13.7. The summed E-state index contributed by atoms with van der Waals surface area (Å²) in [6.07, 6.45) is 0.798. The number of nitriles is 1. The number of ether oxygens (including phenoxy) is 3. The third-order valence-corrected chi connectivity index (χ3v) is 6.69. The Labute approximate surface area is 209 Å².